The predicted molar refractivity (Wildman–Crippen MR) is 98.5 cm³/mol. The van der Waals surface area contributed by atoms with Gasteiger partial charge < -0.3 is 25.2 Å². The van der Waals surface area contributed by atoms with Crippen LogP contribution < -0.4 is 0 Å². The fourth-order valence-electron chi connectivity index (χ4n) is 3.36. The Morgan fingerprint density at radius 1 is 1.19 bits per heavy atom. The minimum absolute atomic E-state index is 0.482. The van der Waals surface area contributed by atoms with Gasteiger partial charge in [0.15, 0.2) is 0 Å². The largest absolute Gasteiger partial charge is 0.394 e. The molecule has 2 aromatic rings. The van der Waals surface area contributed by atoms with Crippen LogP contribution in [0.25, 0.3) is 16.5 Å². The van der Waals surface area contributed by atoms with Gasteiger partial charge in [0.05, 0.1) is 23.9 Å². The van der Waals surface area contributed by atoms with Gasteiger partial charge >= 0.3 is 0 Å². The Bertz CT molecular complexity index is 966. The lowest BCUT2D eigenvalue weighted by molar-refractivity contribution is -0.214. The van der Waals surface area contributed by atoms with E-state index in [-0.39, 0.29) is 0 Å². The van der Waals surface area contributed by atoms with Crippen LogP contribution in [0.4, 0.5) is 0 Å². The Labute approximate surface area is 155 Å². The molecule has 7 heteroatoms. The van der Waals surface area contributed by atoms with Gasteiger partial charge in [0.2, 0.25) is 0 Å². The molecule has 0 unspecified atom stereocenters. The van der Waals surface area contributed by atoms with E-state index in [0.29, 0.717) is 5.56 Å². The van der Waals surface area contributed by atoms with Crippen LogP contribution >= 0.6 is 0 Å². The standard InChI is InChI=1S/C20H20N2O5/c23-10-16-19(25)20(26)18(24)15(27-16)6-5-12-7-13(11-3-1-2-4-11)8-14-9-21-22-17(12)14/h1,3-4,7-9,15-16,18-20,23-26H,2,10H2,(H,21,22)/t15-,16-,18-,19-,20-/m1/s1. The SMILES string of the molecule is OC[C@H]1O[C@H](C#Cc2cc(C3=CCC=C3)cc3cn[nH]c23)[C@@H](O)[C@@H](O)[C@@H]1O. The van der Waals surface area contributed by atoms with E-state index in [1.807, 2.05) is 12.1 Å². The molecule has 1 aromatic carbocycles. The van der Waals surface area contributed by atoms with Crippen LogP contribution in [0.2, 0.25) is 0 Å². The number of nitrogens with one attached hydrogen (secondary N) is 1. The van der Waals surface area contributed by atoms with E-state index in [2.05, 4.69) is 40.3 Å². The maximum Gasteiger partial charge on any atom is 0.147 e. The van der Waals surface area contributed by atoms with Crippen LogP contribution in [0.15, 0.2) is 36.6 Å². The van der Waals surface area contributed by atoms with Crippen LogP contribution in [-0.2, 0) is 4.74 Å². The van der Waals surface area contributed by atoms with Crippen LogP contribution in [0, 0.1) is 11.8 Å². The van der Waals surface area contributed by atoms with Crippen molar-refractivity contribution in [1.82, 2.24) is 10.2 Å². The molecule has 2 aliphatic rings. The van der Waals surface area contributed by atoms with Gasteiger partial charge in [-0.3, -0.25) is 5.10 Å². The van der Waals surface area contributed by atoms with Gasteiger partial charge in [-0.15, -0.1) is 0 Å². The minimum Gasteiger partial charge on any atom is -0.394 e. The number of hydrogen-bond acceptors (Lipinski definition) is 6. The van der Waals surface area contributed by atoms with Crippen LogP contribution in [-0.4, -0.2) is 67.8 Å². The number of H-pyrrole nitrogens is 1. The summed E-state index contributed by atoms with van der Waals surface area (Å²) < 4.78 is 5.44. The molecular formula is C20H20N2O5. The van der Waals surface area contributed by atoms with Gasteiger partial charge in [0.25, 0.3) is 0 Å². The molecule has 0 amide bonds. The van der Waals surface area contributed by atoms with Crippen molar-refractivity contribution in [3.05, 3.63) is 47.7 Å². The summed E-state index contributed by atoms with van der Waals surface area (Å²) in [7, 11) is 0. The molecule has 1 aliphatic heterocycles. The second-order valence-corrected chi connectivity index (χ2v) is 6.67. The van der Waals surface area contributed by atoms with Crippen molar-refractivity contribution >= 4 is 16.5 Å². The van der Waals surface area contributed by atoms with E-state index in [1.165, 1.54) is 0 Å². The summed E-state index contributed by atoms with van der Waals surface area (Å²) in [6.45, 7) is -0.482. The molecule has 1 saturated heterocycles. The van der Waals surface area contributed by atoms with Crippen LogP contribution in [0.3, 0.4) is 0 Å². The lowest BCUT2D eigenvalue weighted by Gasteiger charge is -2.37. The van der Waals surface area contributed by atoms with E-state index in [9.17, 15) is 20.4 Å². The highest BCUT2D eigenvalue weighted by Gasteiger charge is 2.42. The first-order valence-corrected chi connectivity index (χ1v) is 8.74. The Morgan fingerprint density at radius 2 is 2.04 bits per heavy atom. The first kappa shape index (κ1) is 17.9. The lowest BCUT2D eigenvalue weighted by atomic mass is 9.95. The van der Waals surface area contributed by atoms with Gasteiger partial charge in [0, 0.05) is 5.39 Å². The highest BCUT2D eigenvalue weighted by molar-refractivity contribution is 5.90. The molecule has 0 radical (unpaired) electrons. The van der Waals surface area contributed by atoms with Crippen molar-refractivity contribution in [2.75, 3.05) is 6.61 Å². The van der Waals surface area contributed by atoms with Crippen molar-refractivity contribution in [3.63, 3.8) is 0 Å². The smallest absolute Gasteiger partial charge is 0.147 e. The van der Waals surface area contributed by atoms with E-state index in [1.54, 1.807) is 6.20 Å². The third-order valence-corrected chi connectivity index (χ3v) is 4.89. The molecule has 7 nitrogen and oxygen atoms in total. The normalized spacial score (nSPS) is 30.2. The summed E-state index contributed by atoms with van der Waals surface area (Å²) in [5.74, 6) is 5.80. The zero-order valence-corrected chi connectivity index (χ0v) is 14.4. The number of nitrogens with zero attached hydrogens (tertiary/aromatic N) is 1. The van der Waals surface area contributed by atoms with Crippen molar-refractivity contribution < 1.29 is 25.2 Å². The van der Waals surface area contributed by atoms with E-state index in [4.69, 9.17) is 4.74 Å². The van der Waals surface area contributed by atoms with E-state index in [0.717, 1.165) is 28.5 Å². The summed E-state index contributed by atoms with van der Waals surface area (Å²) in [5, 5.41) is 47.1. The van der Waals surface area contributed by atoms with Crippen molar-refractivity contribution in [2.24, 2.45) is 0 Å². The topological polar surface area (TPSA) is 119 Å². The number of allylic oxidation sites excluding steroid dienone is 4. The molecule has 0 saturated carbocycles. The third-order valence-electron chi connectivity index (χ3n) is 4.89. The zero-order valence-electron chi connectivity index (χ0n) is 14.4. The third kappa shape index (κ3) is 3.30. The van der Waals surface area contributed by atoms with E-state index < -0.39 is 37.1 Å². The first-order valence-electron chi connectivity index (χ1n) is 8.74. The summed E-state index contributed by atoms with van der Waals surface area (Å²) in [5.41, 5.74) is 3.56. The molecule has 4 rings (SSSR count). The Hall–Kier alpha value is -2.47. The molecule has 0 spiro atoms. The molecule has 1 fully saturated rings. The number of aromatic nitrogens is 2. The molecule has 5 N–H and O–H groups in total. The molecule has 27 heavy (non-hydrogen) atoms. The number of aliphatic hydroxyl groups is 4. The van der Waals surface area contributed by atoms with Crippen molar-refractivity contribution in [2.45, 2.75) is 36.9 Å². The zero-order chi connectivity index (χ0) is 19.0. The number of ether oxygens (including phenoxy) is 1. The van der Waals surface area contributed by atoms with E-state index >= 15 is 0 Å². The quantitative estimate of drug-likeness (QED) is 0.480. The van der Waals surface area contributed by atoms with Crippen molar-refractivity contribution in [3.8, 4) is 11.8 Å². The van der Waals surface area contributed by atoms with Crippen molar-refractivity contribution in [1.29, 1.82) is 0 Å². The van der Waals surface area contributed by atoms with Crippen LogP contribution in [0.5, 0.6) is 0 Å². The number of aromatic amines is 1. The average Bonchev–Trinajstić information content (AvgIpc) is 3.36. The molecule has 2 heterocycles. The fraction of sp³-hybridized carbons (Fsp3) is 0.350. The molecular weight excluding hydrogens is 348 g/mol. The number of aliphatic hydroxyl groups excluding tert-OH is 4. The number of hydrogen-bond donors (Lipinski definition) is 5. The first-order chi connectivity index (χ1) is 13.1. The molecule has 5 atom stereocenters. The highest BCUT2D eigenvalue weighted by atomic mass is 16.5. The Morgan fingerprint density at radius 3 is 2.78 bits per heavy atom. The molecule has 0 bridgehead atoms. The van der Waals surface area contributed by atoms with Gasteiger partial charge in [0.1, 0.15) is 30.5 Å². The fourth-order valence-corrected chi connectivity index (χ4v) is 3.36. The molecule has 140 valence electrons. The molecule has 1 aliphatic carbocycles. The Balaban J connectivity index is 1.69. The second-order valence-electron chi connectivity index (χ2n) is 6.67. The van der Waals surface area contributed by atoms with Crippen LogP contribution in [0.1, 0.15) is 17.5 Å². The highest BCUT2D eigenvalue weighted by Crippen LogP contribution is 2.27. The lowest BCUT2D eigenvalue weighted by Crippen LogP contribution is -2.58. The Kier molecular flexibility index (Phi) is 4.83. The second kappa shape index (κ2) is 7.27. The molecule has 1 aromatic heterocycles. The monoisotopic (exact) mass is 368 g/mol. The summed E-state index contributed by atoms with van der Waals surface area (Å²) >= 11 is 0. The summed E-state index contributed by atoms with van der Waals surface area (Å²) in [6, 6.07) is 3.96. The van der Waals surface area contributed by atoms with Gasteiger partial charge in [-0.25, -0.2) is 0 Å². The number of fused-ring (bicyclic) bond motifs is 1. The average molecular weight is 368 g/mol. The summed E-state index contributed by atoms with van der Waals surface area (Å²) in [6.07, 6.45) is 2.63. The number of benzene rings is 1. The maximum absolute atomic E-state index is 10.1. The van der Waals surface area contributed by atoms with Gasteiger partial charge in [-0.2, -0.15) is 5.10 Å². The van der Waals surface area contributed by atoms with Gasteiger partial charge in [-0.05, 0) is 29.7 Å². The minimum atomic E-state index is -1.44. The predicted octanol–water partition coefficient (Wildman–Crippen LogP) is 0.100. The van der Waals surface area contributed by atoms with Gasteiger partial charge in [-0.1, -0.05) is 30.1 Å². The summed E-state index contributed by atoms with van der Waals surface area (Å²) in [4.78, 5) is 0. The maximum atomic E-state index is 10.1. The number of rotatable bonds is 2.